The number of aryl methyl sites for hydroxylation is 1. The molecule has 1 aliphatic heterocycles. The molecule has 0 aromatic carbocycles. The second-order valence-electron chi connectivity index (χ2n) is 4.07. The SMILES string of the molecule is COC(=O)c1nc(C2CN(C)CCO2)sc1C. The van der Waals surface area contributed by atoms with E-state index in [0.717, 1.165) is 23.0 Å². The number of nitrogens with zero attached hydrogens (tertiary/aromatic N) is 2. The summed E-state index contributed by atoms with van der Waals surface area (Å²) in [5.74, 6) is -0.380. The van der Waals surface area contributed by atoms with Crippen LogP contribution in [0.15, 0.2) is 0 Å². The van der Waals surface area contributed by atoms with Gasteiger partial charge in [0.05, 0.1) is 13.7 Å². The first-order valence-corrected chi connectivity index (χ1v) is 6.29. The molecule has 17 heavy (non-hydrogen) atoms. The summed E-state index contributed by atoms with van der Waals surface area (Å²) in [5.41, 5.74) is 0.407. The number of likely N-dealkylation sites (N-methyl/N-ethyl adjacent to an activating group) is 1. The third-order valence-electron chi connectivity index (χ3n) is 2.74. The fraction of sp³-hybridized carbons (Fsp3) is 0.636. The maximum atomic E-state index is 11.5. The summed E-state index contributed by atoms with van der Waals surface area (Å²) in [6.07, 6.45) is -0.0316. The Morgan fingerprint density at radius 3 is 3.06 bits per heavy atom. The minimum Gasteiger partial charge on any atom is -0.464 e. The molecule has 0 radical (unpaired) electrons. The molecular weight excluding hydrogens is 240 g/mol. The molecule has 0 aliphatic carbocycles. The lowest BCUT2D eigenvalue weighted by molar-refractivity contribution is -0.0210. The van der Waals surface area contributed by atoms with Gasteiger partial charge in [-0.1, -0.05) is 0 Å². The van der Waals surface area contributed by atoms with E-state index in [1.54, 1.807) is 0 Å². The lowest BCUT2D eigenvalue weighted by atomic mass is 10.3. The molecule has 5 nitrogen and oxygen atoms in total. The molecule has 2 heterocycles. The summed E-state index contributed by atoms with van der Waals surface area (Å²) >= 11 is 1.50. The van der Waals surface area contributed by atoms with Crippen molar-refractivity contribution < 1.29 is 14.3 Å². The van der Waals surface area contributed by atoms with Gasteiger partial charge in [-0.2, -0.15) is 0 Å². The Morgan fingerprint density at radius 2 is 2.41 bits per heavy atom. The lowest BCUT2D eigenvalue weighted by Gasteiger charge is -2.28. The van der Waals surface area contributed by atoms with E-state index in [-0.39, 0.29) is 12.1 Å². The highest BCUT2D eigenvalue weighted by Gasteiger charge is 2.25. The van der Waals surface area contributed by atoms with Crippen molar-refractivity contribution in [2.75, 3.05) is 33.9 Å². The van der Waals surface area contributed by atoms with Crippen molar-refractivity contribution >= 4 is 17.3 Å². The van der Waals surface area contributed by atoms with Crippen molar-refractivity contribution in [2.45, 2.75) is 13.0 Å². The maximum Gasteiger partial charge on any atom is 0.357 e. The smallest absolute Gasteiger partial charge is 0.357 e. The highest BCUT2D eigenvalue weighted by molar-refractivity contribution is 7.11. The van der Waals surface area contributed by atoms with Gasteiger partial charge in [-0.05, 0) is 14.0 Å². The highest BCUT2D eigenvalue weighted by Crippen LogP contribution is 2.28. The van der Waals surface area contributed by atoms with E-state index in [2.05, 4.69) is 16.9 Å². The molecule has 1 aliphatic rings. The normalized spacial score (nSPS) is 21.5. The van der Waals surface area contributed by atoms with Gasteiger partial charge < -0.3 is 14.4 Å². The summed E-state index contributed by atoms with van der Waals surface area (Å²) in [6.45, 7) is 4.32. The first-order chi connectivity index (χ1) is 8.11. The molecule has 1 unspecified atom stereocenters. The van der Waals surface area contributed by atoms with E-state index >= 15 is 0 Å². The fourth-order valence-electron chi connectivity index (χ4n) is 1.77. The Labute approximate surface area is 104 Å². The van der Waals surface area contributed by atoms with Crippen LogP contribution in [0.5, 0.6) is 0 Å². The van der Waals surface area contributed by atoms with Crippen molar-refractivity contribution in [3.63, 3.8) is 0 Å². The van der Waals surface area contributed by atoms with E-state index in [1.165, 1.54) is 18.4 Å². The van der Waals surface area contributed by atoms with Crippen LogP contribution in [0.25, 0.3) is 0 Å². The molecule has 6 heteroatoms. The number of morpholine rings is 1. The van der Waals surface area contributed by atoms with Gasteiger partial charge in [0, 0.05) is 18.0 Å². The molecule has 1 saturated heterocycles. The zero-order valence-electron chi connectivity index (χ0n) is 10.2. The third kappa shape index (κ3) is 2.65. The van der Waals surface area contributed by atoms with Crippen molar-refractivity contribution in [3.05, 3.63) is 15.6 Å². The van der Waals surface area contributed by atoms with Crippen molar-refractivity contribution in [3.8, 4) is 0 Å². The van der Waals surface area contributed by atoms with Gasteiger partial charge in [0.15, 0.2) is 5.69 Å². The number of aromatic nitrogens is 1. The molecule has 0 N–H and O–H groups in total. The van der Waals surface area contributed by atoms with Crippen LogP contribution >= 0.6 is 11.3 Å². The van der Waals surface area contributed by atoms with Crippen LogP contribution in [0.1, 0.15) is 26.5 Å². The number of methoxy groups -OCH3 is 1. The van der Waals surface area contributed by atoms with Crippen LogP contribution in [-0.4, -0.2) is 49.7 Å². The van der Waals surface area contributed by atoms with E-state index < -0.39 is 0 Å². The summed E-state index contributed by atoms with van der Waals surface area (Å²) in [7, 11) is 3.42. The molecule has 1 atom stereocenters. The average molecular weight is 256 g/mol. The van der Waals surface area contributed by atoms with E-state index in [0.29, 0.717) is 12.3 Å². The number of carbonyl (C=O) groups excluding carboxylic acids is 1. The Hall–Kier alpha value is -0.980. The minimum absolute atomic E-state index is 0.0316. The predicted molar refractivity (Wildman–Crippen MR) is 64.4 cm³/mol. The number of ether oxygens (including phenoxy) is 2. The number of carbonyl (C=O) groups is 1. The van der Waals surface area contributed by atoms with E-state index in [1.807, 2.05) is 6.92 Å². The number of hydrogen-bond donors (Lipinski definition) is 0. The van der Waals surface area contributed by atoms with Gasteiger partial charge in [0.25, 0.3) is 0 Å². The molecular formula is C11H16N2O3S. The van der Waals surface area contributed by atoms with Crippen LogP contribution in [0.3, 0.4) is 0 Å². The van der Waals surface area contributed by atoms with Gasteiger partial charge in [0.2, 0.25) is 0 Å². The average Bonchev–Trinajstić information content (AvgIpc) is 2.70. The molecule has 1 aromatic rings. The third-order valence-corrected chi connectivity index (χ3v) is 3.80. The summed E-state index contributed by atoms with van der Waals surface area (Å²) in [4.78, 5) is 18.9. The van der Waals surface area contributed by atoms with Gasteiger partial charge in [0.1, 0.15) is 11.1 Å². The Kier molecular flexibility index (Phi) is 3.76. The molecule has 2 rings (SSSR count). The number of rotatable bonds is 2. The van der Waals surface area contributed by atoms with Crippen LogP contribution in [0.2, 0.25) is 0 Å². The van der Waals surface area contributed by atoms with Crippen LogP contribution < -0.4 is 0 Å². The van der Waals surface area contributed by atoms with Gasteiger partial charge in [-0.15, -0.1) is 11.3 Å². The zero-order chi connectivity index (χ0) is 12.4. The zero-order valence-corrected chi connectivity index (χ0v) is 11.0. The second-order valence-corrected chi connectivity index (χ2v) is 5.30. The number of hydrogen-bond acceptors (Lipinski definition) is 6. The molecule has 0 spiro atoms. The summed E-state index contributed by atoms with van der Waals surface area (Å²) < 4.78 is 10.4. The summed E-state index contributed by atoms with van der Waals surface area (Å²) in [6, 6.07) is 0. The lowest BCUT2D eigenvalue weighted by Crippen LogP contribution is -2.35. The number of thiazole rings is 1. The maximum absolute atomic E-state index is 11.5. The molecule has 1 aromatic heterocycles. The van der Waals surface area contributed by atoms with E-state index in [4.69, 9.17) is 9.47 Å². The van der Waals surface area contributed by atoms with Crippen molar-refractivity contribution in [1.82, 2.24) is 9.88 Å². The highest BCUT2D eigenvalue weighted by atomic mass is 32.1. The minimum atomic E-state index is -0.380. The quantitative estimate of drug-likeness (QED) is 0.745. The molecule has 0 bridgehead atoms. The van der Waals surface area contributed by atoms with Crippen LogP contribution in [-0.2, 0) is 9.47 Å². The Balaban J connectivity index is 2.19. The molecule has 1 fully saturated rings. The molecule has 0 amide bonds. The Bertz CT molecular complexity index is 419. The first kappa shape index (κ1) is 12.5. The predicted octanol–water partition coefficient (Wildman–Crippen LogP) is 1.24. The van der Waals surface area contributed by atoms with Gasteiger partial charge in [-0.3, -0.25) is 0 Å². The molecule has 0 saturated carbocycles. The van der Waals surface area contributed by atoms with Gasteiger partial charge >= 0.3 is 5.97 Å². The second kappa shape index (κ2) is 5.12. The Morgan fingerprint density at radius 1 is 1.65 bits per heavy atom. The topological polar surface area (TPSA) is 51.7 Å². The monoisotopic (exact) mass is 256 g/mol. The van der Waals surface area contributed by atoms with E-state index in [9.17, 15) is 4.79 Å². The van der Waals surface area contributed by atoms with Crippen LogP contribution in [0.4, 0.5) is 0 Å². The largest absolute Gasteiger partial charge is 0.464 e. The van der Waals surface area contributed by atoms with Crippen molar-refractivity contribution in [1.29, 1.82) is 0 Å². The van der Waals surface area contributed by atoms with Crippen LogP contribution in [0, 0.1) is 6.92 Å². The van der Waals surface area contributed by atoms with Crippen molar-refractivity contribution in [2.24, 2.45) is 0 Å². The standard InChI is InChI=1S/C11H16N2O3S/c1-7-9(11(14)15-3)12-10(17-7)8-6-13(2)4-5-16-8/h8H,4-6H2,1-3H3. The first-order valence-electron chi connectivity index (χ1n) is 5.47. The fourth-order valence-corrected chi connectivity index (χ4v) is 2.72. The molecule has 94 valence electrons. The van der Waals surface area contributed by atoms with Gasteiger partial charge in [-0.25, -0.2) is 9.78 Å². The number of esters is 1. The summed E-state index contributed by atoms with van der Waals surface area (Å²) in [5, 5.41) is 0.856.